The number of hydrogen-bond donors (Lipinski definition) is 2. The number of nitrogens with one attached hydrogen (secondary N) is 2. The smallest absolute Gasteiger partial charge is 0.191 e. The van der Waals surface area contributed by atoms with E-state index in [1.165, 1.54) is 50.9 Å². The van der Waals surface area contributed by atoms with Crippen LogP contribution in [0.15, 0.2) is 29.3 Å². The Labute approximate surface area is 194 Å². The number of aliphatic imine (C=N–C) groups is 1. The van der Waals surface area contributed by atoms with Crippen molar-refractivity contribution in [2.75, 3.05) is 61.0 Å². The molecule has 7 heteroatoms. The fourth-order valence-electron chi connectivity index (χ4n) is 3.71. The Kier molecular flexibility index (Phi) is 13.3. The van der Waals surface area contributed by atoms with Crippen molar-refractivity contribution in [1.29, 1.82) is 0 Å². The quantitative estimate of drug-likeness (QED) is 0.228. The fraction of sp³-hybridized carbons (Fsp3) is 0.682. The van der Waals surface area contributed by atoms with Crippen molar-refractivity contribution < 1.29 is 4.74 Å². The summed E-state index contributed by atoms with van der Waals surface area (Å²) in [6.45, 7) is 5.45. The van der Waals surface area contributed by atoms with Gasteiger partial charge in [-0.05, 0) is 70.7 Å². The van der Waals surface area contributed by atoms with Gasteiger partial charge in [-0.15, -0.1) is 24.0 Å². The van der Waals surface area contributed by atoms with E-state index < -0.39 is 0 Å². The van der Waals surface area contributed by atoms with Crippen LogP contribution < -0.4 is 15.4 Å². The molecule has 29 heavy (non-hydrogen) atoms. The predicted octanol–water partition coefficient (Wildman–Crippen LogP) is 3.35. The summed E-state index contributed by atoms with van der Waals surface area (Å²) in [6.07, 6.45) is 6.65. The van der Waals surface area contributed by atoms with E-state index >= 15 is 0 Å². The molecule has 0 saturated carbocycles. The third-order valence-corrected chi connectivity index (χ3v) is 5.45. The van der Waals surface area contributed by atoms with Crippen LogP contribution in [0.4, 0.5) is 0 Å². The molecule has 0 spiro atoms. The van der Waals surface area contributed by atoms with E-state index in [1.807, 2.05) is 19.2 Å². The van der Waals surface area contributed by atoms with E-state index in [2.05, 4.69) is 51.7 Å². The molecule has 0 amide bonds. The van der Waals surface area contributed by atoms with Crippen LogP contribution in [-0.2, 0) is 0 Å². The molecule has 1 saturated heterocycles. The second-order valence-corrected chi connectivity index (χ2v) is 7.74. The first kappa shape index (κ1) is 26.0. The van der Waals surface area contributed by atoms with E-state index in [0.29, 0.717) is 0 Å². The summed E-state index contributed by atoms with van der Waals surface area (Å²) in [5.41, 5.74) is 1.26. The Bertz CT molecular complexity index is 571. The molecule has 0 aliphatic carbocycles. The first-order valence-corrected chi connectivity index (χ1v) is 10.6. The van der Waals surface area contributed by atoms with Crippen LogP contribution in [0.25, 0.3) is 0 Å². The molecule has 1 heterocycles. The van der Waals surface area contributed by atoms with Crippen LogP contribution in [0.5, 0.6) is 5.75 Å². The lowest BCUT2D eigenvalue weighted by molar-refractivity contribution is 0.281. The number of rotatable bonds is 9. The zero-order valence-corrected chi connectivity index (χ0v) is 20.9. The van der Waals surface area contributed by atoms with Gasteiger partial charge in [-0.1, -0.05) is 25.0 Å². The lowest BCUT2D eigenvalue weighted by atomic mass is 10.1. The first-order valence-electron chi connectivity index (χ1n) is 10.6. The highest BCUT2D eigenvalue weighted by molar-refractivity contribution is 14.0. The highest BCUT2D eigenvalue weighted by atomic mass is 127. The van der Waals surface area contributed by atoms with E-state index in [0.717, 1.165) is 31.2 Å². The van der Waals surface area contributed by atoms with Crippen molar-refractivity contribution >= 4 is 29.9 Å². The molecule has 1 atom stereocenters. The van der Waals surface area contributed by atoms with Crippen molar-refractivity contribution in [3.63, 3.8) is 0 Å². The van der Waals surface area contributed by atoms with E-state index in [1.54, 1.807) is 7.11 Å². The summed E-state index contributed by atoms with van der Waals surface area (Å²) in [5.74, 6) is 1.76. The molecule has 0 radical (unpaired) electrons. The highest BCUT2D eigenvalue weighted by Crippen LogP contribution is 2.20. The lowest BCUT2D eigenvalue weighted by Crippen LogP contribution is -2.42. The van der Waals surface area contributed by atoms with Crippen LogP contribution in [0, 0.1) is 0 Å². The molecule has 1 aliphatic heterocycles. The maximum atomic E-state index is 5.27. The summed E-state index contributed by atoms with van der Waals surface area (Å²) in [6, 6.07) is 8.55. The topological polar surface area (TPSA) is 52.1 Å². The molecular formula is C22H40IN5O. The average molecular weight is 518 g/mol. The molecule has 166 valence electrons. The molecule has 1 aromatic rings. The third-order valence-electron chi connectivity index (χ3n) is 5.45. The lowest BCUT2D eigenvalue weighted by Gasteiger charge is -2.26. The van der Waals surface area contributed by atoms with E-state index in [4.69, 9.17) is 4.74 Å². The van der Waals surface area contributed by atoms with Crippen molar-refractivity contribution in [3.8, 4) is 5.75 Å². The van der Waals surface area contributed by atoms with Gasteiger partial charge in [0.05, 0.1) is 13.2 Å². The largest absolute Gasteiger partial charge is 0.497 e. The monoisotopic (exact) mass is 517 g/mol. The molecule has 1 aromatic carbocycles. The van der Waals surface area contributed by atoms with Crippen LogP contribution in [0.1, 0.15) is 43.7 Å². The van der Waals surface area contributed by atoms with Gasteiger partial charge in [0.15, 0.2) is 5.96 Å². The summed E-state index contributed by atoms with van der Waals surface area (Å²) in [7, 11) is 7.74. The second kappa shape index (κ2) is 14.8. The van der Waals surface area contributed by atoms with Gasteiger partial charge in [-0.25, -0.2) is 0 Å². The van der Waals surface area contributed by atoms with Gasteiger partial charge < -0.3 is 25.2 Å². The minimum absolute atomic E-state index is 0. The summed E-state index contributed by atoms with van der Waals surface area (Å²) >= 11 is 0. The molecule has 1 unspecified atom stereocenters. The number of likely N-dealkylation sites (tertiary alicyclic amines) is 1. The van der Waals surface area contributed by atoms with Gasteiger partial charge in [0.25, 0.3) is 0 Å². The number of hydrogen-bond acceptors (Lipinski definition) is 4. The van der Waals surface area contributed by atoms with Crippen molar-refractivity contribution in [2.45, 2.75) is 38.1 Å². The Morgan fingerprint density at radius 3 is 2.31 bits per heavy atom. The zero-order chi connectivity index (χ0) is 20.2. The SMILES string of the molecule is CN=C(NCCCN1CCCCCC1)NCC(c1ccc(OC)cc1)N(C)C.I. The fourth-order valence-corrected chi connectivity index (χ4v) is 3.71. The Hall–Kier alpha value is -1.06. The maximum Gasteiger partial charge on any atom is 0.191 e. The summed E-state index contributed by atoms with van der Waals surface area (Å²) < 4.78 is 5.27. The molecule has 1 aliphatic rings. The Morgan fingerprint density at radius 1 is 1.10 bits per heavy atom. The number of likely N-dealkylation sites (N-methyl/N-ethyl adjacent to an activating group) is 1. The molecule has 0 bridgehead atoms. The first-order chi connectivity index (χ1) is 13.6. The Balaban J connectivity index is 0.00000420. The molecule has 6 nitrogen and oxygen atoms in total. The number of ether oxygens (including phenoxy) is 1. The predicted molar refractivity (Wildman–Crippen MR) is 134 cm³/mol. The summed E-state index contributed by atoms with van der Waals surface area (Å²) in [4.78, 5) is 9.21. The number of guanidine groups is 1. The molecule has 2 rings (SSSR count). The zero-order valence-electron chi connectivity index (χ0n) is 18.6. The van der Waals surface area contributed by atoms with Crippen molar-refractivity contribution in [3.05, 3.63) is 29.8 Å². The Morgan fingerprint density at radius 2 is 1.76 bits per heavy atom. The van der Waals surface area contributed by atoms with E-state index in [-0.39, 0.29) is 30.0 Å². The van der Waals surface area contributed by atoms with Gasteiger partial charge in [-0.3, -0.25) is 4.99 Å². The third kappa shape index (κ3) is 9.53. The van der Waals surface area contributed by atoms with Gasteiger partial charge in [-0.2, -0.15) is 0 Å². The van der Waals surface area contributed by atoms with Crippen molar-refractivity contribution in [2.24, 2.45) is 4.99 Å². The van der Waals surface area contributed by atoms with Crippen molar-refractivity contribution in [1.82, 2.24) is 20.4 Å². The number of nitrogens with zero attached hydrogens (tertiary/aromatic N) is 3. The second-order valence-electron chi connectivity index (χ2n) is 7.74. The van der Waals surface area contributed by atoms with Crippen LogP contribution in [-0.4, -0.2) is 76.7 Å². The number of halogens is 1. The molecule has 1 fully saturated rings. The normalized spacial score (nSPS) is 16.7. The number of methoxy groups -OCH3 is 1. The maximum absolute atomic E-state index is 5.27. The molecule has 2 N–H and O–H groups in total. The summed E-state index contributed by atoms with van der Waals surface area (Å²) in [5, 5.41) is 6.94. The highest BCUT2D eigenvalue weighted by Gasteiger charge is 2.15. The minimum atomic E-state index is 0. The van der Waals surface area contributed by atoms with Gasteiger partial charge >= 0.3 is 0 Å². The van der Waals surface area contributed by atoms with Gasteiger partial charge in [0.2, 0.25) is 0 Å². The molecular weight excluding hydrogens is 477 g/mol. The van der Waals surface area contributed by atoms with E-state index in [9.17, 15) is 0 Å². The van der Waals surface area contributed by atoms with Crippen LogP contribution >= 0.6 is 24.0 Å². The van der Waals surface area contributed by atoms with Crippen LogP contribution in [0.3, 0.4) is 0 Å². The average Bonchev–Trinajstić information content (AvgIpc) is 2.98. The number of benzene rings is 1. The molecule has 0 aromatic heterocycles. The van der Waals surface area contributed by atoms with Gasteiger partial charge in [0.1, 0.15) is 5.75 Å². The van der Waals surface area contributed by atoms with Gasteiger partial charge in [0, 0.05) is 20.1 Å². The standard InChI is InChI=1S/C22H39N5O.HI/c1-23-22(24-14-9-17-27-15-7-5-6-8-16-27)25-18-21(26(2)3)19-10-12-20(28-4)13-11-19;/h10-13,21H,5-9,14-18H2,1-4H3,(H2,23,24,25);1H. The van der Waals surface area contributed by atoms with Crippen LogP contribution in [0.2, 0.25) is 0 Å². The minimum Gasteiger partial charge on any atom is -0.497 e.